The van der Waals surface area contributed by atoms with Crippen molar-refractivity contribution in [3.63, 3.8) is 0 Å². The average Bonchev–Trinajstić information content (AvgIpc) is 2.53. The van der Waals surface area contributed by atoms with Gasteiger partial charge in [-0.05, 0) is 25.7 Å². The van der Waals surface area contributed by atoms with E-state index < -0.39 is 0 Å². The number of fused-ring (bicyclic) bond motifs is 1. The molecule has 3 aliphatic rings. The van der Waals surface area contributed by atoms with E-state index in [0.717, 1.165) is 5.97 Å². The number of rotatable bonds is 0. The Morgan fingerprint density at radius 3 is 2.06 bits per heavy atom. The van der Waals surface area contributed by atoms with Crippen LogP contribution in [0.5, 0.6) is 0 Å². The van der Waals surface area contributed by atoms with Crippen LogP contribution in [0.3, 0.4) is 0 Å². The number of esters is 1. The molecule has 1 aliphatic heterocycles. The number of carbonyl (C=O) groups excluding carboxylic acids is 1. The molecule has 0 unspecified atom stereocenters. The van der Waals surface area contributed by atoms with Crippen molar-refractivity contribution in [2.24, 2.45) is 0 Å². The lowest BCUT2D eigenvalue weighted by atomic mass is 9.66. The fourth-order valence-electron chi connectivity index (χ4n) is 4.12. The molecular weight excluding hydrogens is 200 g/mol. The Balaban J connectivity index is 1.92. The number of hydrogen-bond acceptors (Lipinski definition) is 1. The lowest BCUT2D eigenvalue weighted by molar-refractivity contribution is -0.563. The zero-order valence-electron chi connectivity index (χ0n) is 10.4. The second-order valence-corrected chi connectivity index (χ2v) is 5.81. The maximum atomic E-state index is 6.18. The third kappa shape index (κ3) is 1.42. The van der Waals surface area contributed by atoms with Gasteiger partial charge in [0, 0.05) is 25.7 Å². The van der Waals surface area contributed by atoms with Gasteiger partial charge in [-0.1, -0.05) is 12.8 Å². The summed E-state index contributed by atoms with van der Waals surface area (Å²) in [6.07, 6.45) is 12.9. The molecule has 0 aromatic carbocycles. The SMILES string of the molecule is CC1=[O+]C2(CCCCC2)C2(CCCCC2)O1. The quantitative estimate of drug-likeness (QED) is 0.454. The highest BCUT2D eigenvalue weighted by molar-refractivity contribution is 5.69. The van der Waals surface area contributed by atoms with Crippen molar-refractivity contribution in [2.75, 3.05) is 0 Å². The molecule has 2 heteroatoms. The lowest BCUT2D eigenvalue weighted by Gasteiger charge is -2.38. The molecule has 0 bridgehead atoms. The highest BCUT2D eigenvalue weighted by atomic mass is 16.7. The Hall–Kier alpha value is -0.530. The molecule has 0 aromatic heterocycles. The Morgan fingerprint density at radius 1 is 0.875 bits per heavy atom. The summed E-state index contributed by atoms with van der Waals surface area (Å²) < 4.78 is 12.4. The van der Waals surface area contributed by atoms with Crippen molar-refractivity contribution < 1.29 is 9.16 Å². The summed E-state index contributed by atoms with van der Waals surface area (Å²) in [6.45, 7) is 2.00. The summed E-state index contributed by atoms with van der Waals surface area (Å²) in [7, 11) is 0. The minimum absolute atomic E-state index is 0.0513. The Kier molecular flexibility index (Phi) is 2.49. The van der Waals surface area contributed by atoms with Gasteiger partial charge < -0.3 is 9.16 Å². The molecule has 1 heterocycles. The van der Waals surface area contributed by atoms with E-state index in [0.29, 0.717) is 0 Å². The van der Waals surface area contributed by atoms with E-state index in [2.05, 4.69) is 0 Å². The Bertz CT molecular complexity index is 294. The predicted molar refractivity (Wildman–Crippen MR) is 63.4 cm³/mol. The second kappa shape index (κ2) is 3.75. The molecule has 2 saturated carbocycles. The fourth-order valence-corrected chi connectivity index (χ4v) is 4.12. The van der Waals surface area contributed by atoms with Crippen molar-refractivity contribution in [3.8, 4) is 0 Å². The minimum Gasteiger partial charge on any atom is -0.308 e. The highest BCUT2D eigenvalue weighted by Gasteiger charge is 2.67. The van der Waals surface area contributed by atoms with Crippen LogP contribution in [0, 0.1) is 0 Å². The zero-order chi connectivity index (χ0) is 11.1. The van der Waals surface area contributed by atoms with Crippen LogP contribution < -0.4 is 0 Å². The second-order valence-electron chi connectivity index (χ2n) is 5.81. The van der Waals surface area contributed by atoms with Gasteiger partial charge in [0.2, 0.25) is 0 Å². The van der Waals surface area contributed by atoms with Crippen LogP contribution in [-0.2, 0) is 9.16 Å². The summed E-state index contributed by atoms with van der Waals surface area (Å²) >= 11 is 0. The number of hydrogen-bond donors (Lipinski definition) is 0. The third-order valence-corrected chi connectivity index (χ3v) is 4.83. The predicted octanol–water partition coefficient (Wildman–Crippen LogP) is 3.50. The van der Waals surface area contributed by atoms with Gasteiger partial charge in [0.25, 0.3) is 11.2 Å². The first-order valence-corrected chi connectivity index (χ1v) is 6.98. The van der Waals surface area contributed by atoms with E-state index >= 15 is 0 Å². The molecule has 2 fully saturated rings. The molecule has 2 aliphatic carbocycles. The average molecular weight is 223 g/mol. The van der Waals surface area contributed by atoms with Gasteiger partial charge in [0.05, 0.1) is 6.92 Å². The molecule has 2 nitrogen and oxygen atoms in total. The van der Waals surface area contributed by atoms with Gasteiger partial charge in [0.15, 0.2) is 0 Å². The van der Waals surface area contributed by atoms with Gasteiger partial charge in [-0.15, -0.1) is 0 Å². The van der Waals surface area contributed by atoms with Crippen molar-refractivity contribution in [1.82, 2.24) is 0 Å². The summed E-state index contributed by atoms with van der Waals surface area (Å²) in [5.74, 6) is 0.837. The number of ether oxygens (including phenoxy) is 1. The normalized spacial score (nSPS) is 31.4. The van der Waals surface area contributed by atoms with E-state index in [-0.39, 0.29) is 11.2 Å². The topological polar surface area (TPSA) is 20.5 Å². The van der Waals surface area contributed by atoms with E-state index in [4.69, 9.17) is 9.16 Å². The maximum absolute atomic E-state index is 6.18. The van der Waals surface area contributed by atoms with E-state index in [1.54, 1.807) is 0 Å². The molecule has 0 amide bonds. The van der Waals surface area contributed by atoms with Gasteiger partial charge in [0.1, 0.15) is 0 Å². The first-order chi connectivity index (χ1) is 7.77. The largest absolute Gasteiger partial charge is 0.483 e. The van der Waals surface area contributed by atoms with Crippen molar-refractivity contribution >= 4 is 5.97 Å². The summed E-state index contributed by atoms with van der Waals surface area (Å²) in [6, 6.07) is 0. The molecule has 0 N–H and O–H groups in total. The van der Waals surface area contributed by atoms with Crippen LogP contribution in [0.4, 0.5) is 0 Å². The summed E-state index contributed by atoms with van der Waals surface area (Å²) in [5, 5.41) is 0. The molecule has 2 spiro atoms. The highest BCUT2D eigenvalue weighted by Crippen LogP contribution is 2.50. The van der Waals surface area contributed by atoms with Crippen LogP contribution in [-0.4, -0.2) is 17.2 Å². The van der Waals surface area contributed by atoms with Gasteiger partial charge in [-0.25, -0.2) is 0 Å². The van der Waals surface area contributed by atoms with Crippen LogP contribution in [0.1, 0.15) is 71.1 Å². The monoisotopic (exact) mass is 223 g/mol. The molecule has 0 atom stereocenters. The molecule has 0 saturated heterocycles. The first kappa shape index (κ1) is 10.6. The summed E-state index contributed by atoms with van der Waals surface area (Å²) in [4.78, 5) is 0. The standard InChI is InChI=1S/C14H23O2/c1-12-15-13(8-4-2-5-9-13)14(16-12)10-6-3-7-11-14/h2-11H2,1H3/q+1. The Morgan fingerprint density at radius 2 is 1.44 bits per heavy atom. The maximum Gasteiger partial charge on any atom is 0.483 e. The Labute approximate surface area is 98.1 Å². The van der Waals surface area contributed by atoms with Crippen molar-refractivity contribution in [3.05, 3.63) is 0 Å². The van der Waals surface area contributed by atoms with E-state index in [1.807, 2.05) is 6.92 Å². The van der Waals surface area contributed by atoms with Crippen molar-refractivity contribution in [2.45, 2.75) is 82.3 Å². The molecular formula is C14H23O2+. The lowest BCUT2D eigenvalue weighted by Crippen LogP contribution is -2.54. The van der Waals surface area contributed by atoms with Crippen LogP contribution in [0.25, 0.3) is 0 Å². The smallest absolute Gasteiger partial charge is 0.308 e. The van der Waals surface area contributed by atoms with Crippen LogP contribution >= 0.6 is 0 Å². The molecule has 16 heavy (non-hydrogen) atoms. The molecule has 0 radical (unpaired) electrons. The van der Waals surface area contributed by atoms with Gasteiger partial charge >= 0.3 is 5.97 Å². The van der Waals surface area contributed by atoms with Crippen LogP contribution in [0.2, 0.25) is 0 Å². The zero-order valence-corrected chi connectivity index (χ0v) is 10.4. The van der Waals surface area contributed by atoms with Crippen molar-refractivity contribution in [1.29, 1.82) is 0 Å². The van der Waals surface area contributed by atoms with E-state index in [1.165, 1.54) is 64.2 Å². The first-order valence-electron chi connectivity index (χ1n) is 6.98. The molecule has 0 aromatic rings. The fraction of sp³-hybridized carbons (Fsp3) is 0.929. The van der Waals surface area contributed by atoms with Crippen LogP contribution in [0.15, 0.2) is 0 Å². The minimum atomic E-state index is 0.0513. The van der Waals surface area contributed by atoms with E-state index in [9.17, 15) is 0 Å². The molecule has 90 valence electrons. The third-order valence-electron chi connectivity index (χ3n) is 4.83. The summed E-state index contributed by atoms with van der Waals surface area (Å²) in [5.41, 5.74) is 0.103. The molecule has 3 rings (SSSR count). The van der Waals surface area contributed by atoms with Gasteiger partial charge in [-0.3, -0.25) is 0 Å². The van der Waals surface area contributed by atoms with Gasteiger partial charge in [-0.2, -0.15) is 0 Å².